The molecule has 0 N–H and O–H groups in total. The van der Waals surface area contributed by atoms with Gasteiger partial charge in [0.1, 0.15) is 18.0 Å². The van der Waals surface area contributed by atoms with Crippen molar-refractivity contribution in [1.82, 2.24) is 14.7 Å². The fourth-order valence-corrected chi connectivity index (χ4v) is 2.39. The second kappa shape index (κ2) is 7.90. The number of nitrogens with zero attached hydrogens (tertiary/aromatic N) is 3. The molecule has 0 atom stereocenters. The highest BCUT2D eigenvalue weighted by molar-refractivity contribution is 5.94. The van der Waals surface area contributed by atoms with Gasteiger partial charge in [-0.1, -0.05) is 12.1 Å². The van der Waals surface area contributed by atoms with E-state index in [1.807, 2.05) is 0 Å². The first-order valence-electron chi connectivity index (χ1n) is 8.00. The molecule has 1 heterocycles. The van der Waals surface area contributed by atoms with Crippen molar-refractivity contribution in [3.05, 3.63) is 57.8 Å². The second-order valence-electron chi connectivity index (χ2n) is 5.96. The highest BCUT2D eigenvalue weighted by atomic mass is 19.1. The predicted octanol–water partition coefficient (Wildman–Crippen LogP) is 1.70. The largest absolute Gasteiger partial charge is 0.468 e. The predicted molar refractivity (Wildman–Crippen MR) is 92.7 cm³/mol. The molecular weight excluding hydrogens is 341 g/mol. The fraction of sp³-hybridized carbons (Fsp3) is 0.333. The molecule has 8 heteroatoms. The van der Waals surface area contributed by atoms with E-state index < -0.39 is 28.8 Å². The Morgan fingerprint density at radius 3 is 2.54 bits per heavy atom. The van der Waals surface area contributed by atoms with Crippen molar-refractivity contribution in [3.8, 4) is 5.69 Å². The van der Waals surface area contributed by atoms with Crippen LogP contribution in [-0.2, 0) is 9.53 Å². The van der Waals surface area contributed by atoms with E-state index >= 15 is 0 Å². The number of amides is 1. The molecular formula is C18H20FN3O4. The number of aryl methyl sites for hydroxylation is 1. The molecule has 1 amide bonds. The zero-order valence-electron chi connectivity index (χ0n) is 15.0. The van der Waals surface area contributed by atoms with Gasteiger partial charge in [-0.2, -0.15) is 5.10 Å². The van der Waals surface area contributed by atoms with Gasteiger partial charge in [0.2, 0.25) is 5.43 Å². The van der Waals surface area contributed by atoms with Crippen LogP contribution >= 0.6 is 0 Å². The number of hydrogen-bond acceptors (Lipinski definition) is 5. The van der Waals surface area contributed by atoms with Crippen LogP contribution in [0.15, 0.2) is 35.1 Å². The molecule has 1 aromatic heterocycles. The molecule has 0 unspecified atom stereocenters. The zero-order chi connectivity index (χ0) is 19.4. The van der Waals surface area contributed by atoms with E-state index in [-0.39, 0.29) is 18.3 Å². The van der Waals surface area contributed by atoms with Crippen molar-refractivity contribution in [2.75, 3.05) is 13.7 Å². The number of methoxy groups -OCH3 is 1. The Hall–Kier alpha value is -3.03. The van der Waals surface area contributed by atoms with Gasteiger partial charge in [0.05, 0.1) is 7.11 Å². The van der Waals surface area contributed by atoms with Crippen LogP contribution in [-0.4, -0.2) is 46.3 Å². The standard InChI is InChI=1S/C18H20FN3O4/c1-11(2)21(10-16(24)26-4)18(25)17-15(23)9-12(3)22(20-17)14-8-6-5-7-13(14)19/h5-9,11H,10H2,1-4H3. The molecule has 0 fully saturated rings. The monoisotopic (exact) mass is 361 g/mol. The van der Waals surface area contributed by atoms with Gasteiger partial charge in [-0.3, -0.25) is 14.4 Å². The van der Waals surface area contributed by atoms with Crippen molar-refractivity contribution in [2.24, 2.45) is 0 Å². The van der Waals surface area contributed by atoms with Crippen molar-refractivity contribution in [1.29, 1.82) is 0 Å². The maximum absolute atomic E-state index is 14.1. The van der Waals surface area contributed by atoms with E-state index in [1.165, 1.54) is 41.0 Å². The summed E-state index contributed by atoms with van der Waals surface area (Å²) in [5.41, 5.74) is -0.504. The molecule has 1 aromatic carbocycles. The minimum absolute atomic E-state index is 0.114. The van der Waals surface area contributed by atoms with Crippen LogP contribution in [0.5, 0.6) is 0 Å². The Morgan fingerprint density at radius 2 is 1.96 bits per heavy atom. The lowest BCUT2D eigenvalue weighted by atomic mass is 10.2. The van der Waals surface area contributed by atoms with Gasteiger partial charge < -0.3 is 9.64 Å². The quantitative estimate of drug-likeness (QED) is 0.757. The Labute approximate surface area is 150 Å². The highest BCUT2D eigenvalue weighted by Crippen LogP contribution is 2.14. The lowest BCUT2D eigenvalue weighted by Crippen LogP contribution is -2.43. The van der Waals surface area contributed by atoms with Crippen LogP contribution in [0.4, 0.5) is 4.39 Å². The molecule has 0 saturated carbocycles. The first-order chi connectivity index (χ1) is 12.3. The smallest absolute Gasteiger partial charge is 0.325 e. The van der Waals surface area contributed by atoms with E-state index in [0.717, 1.165) is 0 Å². The Bertz CT molecular complexity index is 892. The molecule has 2 aromatic rings. The minimum Gasteiger partial charge on any atom is -0.468 e. The van der Waals surface area contributed by atoms with Crippen molar-refractivity contribution in [3.63, 3.8) is 0 Å². The van der Waals surface area contributed by atoms with Gasteiger partial charge in [0.25, 0.3) is 5.91 Å². The van der Waals surface area contributed by atoms with Crippen LogP contribution in [0, 0.1) is 12.7 Å². The van der Waals surface area contributed by atoms with Gasteiger partial charge in [0.15, 0.2) is 5.69 Å². The van der Waals surface area contributed by atoms with E-state index in [1.54, 1.807) is 26.8 Å². The summed E-state index contributed by atoms with van der Waals surface area (Å²) in [6, 6.07) is 6.74. The molecule has 2 rings (SSSR count). The van der Waals surface area contributed by atoms with Gasteiger partial charge in [0, 0.05) is 17.8 Å². The maximum Gasteiger partial charge on any atom is 0.325 e. The lowest BCUT2D eigenvalue weighted by molar-refractivity contribution is -0.141. The molecule has 0 bridgehead atoms. The summed E-state index contributed by atoms with van der Waals surface area (Å²) in [6.07, 6.45) is 0. The summed E-state index contributed by atoms with van der Waals surface area (Å²) in [7, 11) is 1.21. The number of carbonyl (C=O) groups excluding carboxylic acids is 2. The normalized spacial score (nSPS) is 10.7. The van der Waals surface area contributed by atoms with Crippen LogP contribution < -0.4 is 5.43 Å². The van der Waals surface area contributed by atoms with Crippen LogP contribution in [0.3, 0.4) is 0 Å². The van der Waals surface area contributed by atoms with E-state index in [0.29, 0.717) is 5.69 Å². The van der Waals surface area contributed by atoms with Crippen molar-refractivity contribution >= 4 is 11.9 Å². The number of esters is 1. The molecule has 0 aliphatic carbocycles. The summed E-state index contributed by atoms with van der Waals surface area (Å²) in [6.45, 7) is 4.67. The maximum atomic E-state index is 14.1. The van der Waals surface area contributed by atoms with Crippen LogP contribution in [0.2, 0.25) is 0 Å². The van der Waals surface area contributed by atoms with E-state index in [2.05, 4.69) is 9.84 Å². The Balaban J connectivity index is 2.54. The number of para-hydroxylation sites is 1. The minimum atomic E-state index is -0.722. The number of halogens is 1. The molecule has 26 heavy (non-hydrogen) atoms. The van der Waals surface area contributed by atoms with E-state index in [4.69, 9.17) is 0 Å². The SMILES string of the molecule is COC(=O)CN(C(=O)c1nn(-c2ccccc2F)c(C)cc1=O)C(C)C. The number of benzene rings is 1. The average Bonchev–Trinajstić information content (AvgIpc) is 2.59. The average molecular weight is 361 g/mol. The third-order valence-corrected chi connectivity index (χ3v) is 3.80. The molecule has 0 aliphatic rings. The summed E-state index contributed by atoms with van der Waals surface area (Å²) in [5.74, 6) is -1.88. The molecule has 7 nitrogen and oxygen atoms in total. The van der Waals surface area contributed by atoms with Gasteiger partial charge in [-0.15, -0.1) is 0 Å². The number of aromatic nitrogens is 2. The number of ether oxygens (including phenoxy) is 1. The molecule has 0 radical (unpaired) electrons. The van der Waals surface area contributed by atoms with Crippen molar-refractivity contribution in [2.45, 2.75) is 26.8 Å². The highest BCUT2D eigenvalue weighted by Gasteiger charge is 2.26. The first kappa shape index (κ1) is 19.3. The molecule has 0 saturated heterocycles. The molecule has 138 valence electrons. The van der Waals surface area contributed by atoms with Gasteiger partial charge in [-0.25, -0.2) is 9.07 Å². The van der Waals surface area contributed by atoms with Gasteiger partial charge in [-0.05, 0) is 32.9 Å². The first-order valence-corrected chi connectivity index (χ1v) is 8.00. The van der Waals surface area contributed by atoms with E-state index in [9.17, 15) is 18.8 Å². The Morgan fingerprint density at radius 1 is 1.31 bits per heavy atom. The summed E-state index contributed by atoms with van der Waals surface area (Å²) in [4.78, 5) is 37.8. The summed E-state index contributed by atoms with van der Waals surface area (Å²) >= 11 is 0. The topological polar surface area (TPSA) is 81.5 Å². The second-order valence-corrected chi connectivity index (χ2v) is 5.96. The van der Waals surface area contributed by atoms with Crippen LogP contribution in [0.25, 0.3) is 5.69 Å². The third-order valence-electron chi connectivity index (χ3n) is 3.80. The van der Waals surface area contributed by atoms with Crippen LogP contribution in [0.1, 0.15) is 30.0 Å². The zero-order valence-corrected chi connectivity index (χ0v) is 15.0. The van der Waals surface area contributed by atoms with Crippen molar-refractivity contribution < 1.29 is 18.7 Å². The number of hydrogen-bond donors (Lipinski definition) is 0. The molecule has 0 spiro atoms. The Kier molecular flexibility index (Phi) is 5.86. The third kappa shape index (κ3) is 3.96. The summed E-state index contributed by atoms with van der Waals surface area (Å²) < 4.78 is 19.9. The summed E-state index contributed by atoms with van der Waals surface area (Å²) in [5, 5.41) is 4.06. The number of rotatable bonds is 5. The molecule has 0 aliphatic heterocycles. The lowest BCUT2D eigenvalue weighted by Gasteiger charge is -2.25. The number of carbonyl (C=O) groups is 2. The fourth-order valence-electron chi connectivity index (χ4n) is 2.39. The van der Waals surface area contributed by atoms with Gasteiger partial charge >= 0.3 is 5.97 Å².